The number of ether oxygens (including phenoxy) is 3. The zero-order valence-corrected chi connectivity index (χ0v) is 46.9. The number of unbranched alkanes of at least 4 members (excludes halogenated alkanes) is 11. The molecule has 0 rings (SSSR count). The molecule has 0 heterocycles. The minimum atomic E-state index is -4.78. The highest BCUT2D eigenvalue weighted by Crippen LogP contribution is 2.43. The smallest absolute Gasteiger partial charge is 0.462 e. The number of aliphatic hydroxyl groups excluding tert-OH is 1. The van der Waals surface area contributed by atoms with Crippen LogP contribution in [0.5, 0.6) is 0 Å². The first-order valence-corrected chi connectivity index (χ1v) is 29.6. The molecule has 0 saturated heterocycles. The van der Waals surface area contributed by atoms with Gasteiger partial charge >= 0.3 is 25.7 Å². The highest BCUT2D eigenvalue weighted by Gasteiger charge is 2.28. The first-order chi connectivity index (χ1) is 36.2. The van der Waals surface area contributed by atoms with Crippen LogP contribution in [0.25, 0.3) is 0 Å². The Labute approximate surface area is 449 Å². The van der Waals surface area contributed by atoms with Crippen molar-refractivity contribution in [1.82, 2.24) is 0 Å². The highest BCUT2D eigenvalue weighted by molar-refractivity contribution is 7.47. The Balaban J connectivity index is 4.91. The number of phosphoric ester groups is 1. The van der Waals surface area contributed by atoms with Crippen LogP contribution in [0.1, 0.15) is 201 Å². The SMILES string of the molecule is CC/C=C\C/C=C\C/C=C\C/C=C\C/C=C\C/C=C\CCC(=O)OC(COC(=O)CCCCCCC/C=C\C/C=C\C/C=C\CC)COP(=O)(O)OCC(CO)OC(=O)CCCCCCC/C=C\C/C=C\CCC. The molecule has 0 bridgehead atoms. The fourth-order valence-corrected chi connectivity index (χ4v) is 7.63. The van der Waals surface area contributed by atoms with Crippen molar-refractivity contribution in [3.8, 4) is 0 Å². The zero-order valence-electron chi connectivity index (χ0n) is 46.0. The Hall–Kier alpha value is -4.38. The van der Waals surface area contributed by atoms with Gasteiger partial charge in [-0.3, -0.25) is 23.4 Å². The summed E-state index contributed by atoms with van der Waals surface area (Å²) in [6, 6.07) is 0. The fourth-order valence-electron chi connectivity index (χ4n) is 6.84. The van der Waals surface area contributed by atoms with Gasteiger partial charge in [-0.1, -0.05) is 199 Å². The van der Waals surface area contributed by atoms with Gasteiger partial charge in [-0.05, 0) is 116 Å². The van der Waals surface area contributed by atoms with Crippen molar-refractivity contribution in [1.29, 1.82) is 0 Å². The van der Waals surface area contributed by atoms with Crippen molar-refractivity contribution in [2.75, 3.05) is 26.4 Å². The van der Waals surface area contributed by atoms with Crippen molar-refractivity contribution in [2.24, 2.45) is 0 Å². The summed E-state index contributed by atoms with van der Waals surface area (Å²) >= 11 is 0. The Morgan fingerprint density at radius 2 is 0.730 bits per heavy atom. The van der Waals surface area contributed by atoms with Crippen LogP contribution in [-0.2, 0) is 42.2 Å². The van der Waals surface area contributed by atoms with E-state index >= 15 is 0 Å². The lowest BCUT2D eigenvalue weighted by Crippen LogP contribution is -2.30. The molecule has 0 aromatic carbocycles. The van der Waals surface area contributed by atoms with E-state index in [0.717, 1.165) is 135 Å². The molecule has 418 valence electrons. The van der Waals surface area contributed by atoms with Crippen molar-refractivity contribution in [3.63, 3.8) is 0 Å². The van der Waals surface area contributed by atoms with Crippen LogP contribution in [0.4, 0.5) is 0 Å². The van der Waals surface area contributed by atoms with Crippen molar-refractivity contribution in [2.45, 2.75) is 213 Å². The van der Waals surface area contributed by atoms with E-state index in [1.54, 1.807) is 0 Å². The molecule has 0 spiro atoms. The Morgan fingerprint density at radius 3 is 1.16 bits per heavy atom. The summed E-state index contributed by atoms with van der Waals surface area (Å²) in [6.07, 6.45) is 68.6. The summed E-state index contributed by atoms with van der Waals surface area (Å²) in [5, 5.41) is 9.80. The molecule has 11 nitrogen and oxygen atoms in total. The van der Waals surface area contributed by atoms with Gasteiger partial charge in [-0.25, -0.2) is 4.57 Å². The normalized spacial score (nSPS) is 14.4. The third-order valence-electron chi connectivity index (χ3n) is 11.0. The monoisotopic (exact) mass is 1050 g/mol. The summed E-state index contributed by atoms with van der Waals surface area (Å²) in [6.45, 7) is 4.20. The fraction of sp³-hybridized carbons (Fsp3) is 0.597. The van der Waals surface area contributed by atoms with E-state index < -0.39 is 57.8 Å². The summed E-state index contributed by atoms with van der Waals surface area (Å²) < 4.78 is 39.4. The molecule has 3 unspecified atom stereocenters. The quantitative estimate of drug-likeness (QED) is 0.0197. The zero-order chi connectivity index (χ0) is 54.1. The predicted octanol–water partition coefficient (Wildman–Crippen LogP) is 16.6. The lowest BCUT2D eigenvalue weighted by Gasteiger charge is -2.21. The van der Waals surface area contributed by atoms with Crippen LogP contribution in [0.2, 0.25) is 0 Å². The van der Waals surface area contributed by atoms with Gasteiger partial charge in [0.05, 0.1) is 19.8 Å². The van der Waals surface area contributed by atoms with Gasteiger partial charge in [0.2, 0.25) is 0 Å². The van der Waals surface area contributed by atoms with E-state index in [4.69, 9.17) is 23.3 Å². The van der Waals surface area contributed by atoms with Crippen LogP contribution < -0.4 is 0 Å². The Bertz CT molecular complexity index is 1750. The van der Waals surface area contributed by atoms with Crippen molar-refractivity contribution < 1.29 is 52.2 Å². The van der Waals surface area contributed by atoms with E-state index in [2.05, 4.69) is 142 Å². The summed E-state index contributed by atoms with van der Waals surface area (Å²) in [5.74, 6) is -1.62. The predicted molar refractivity (Wildman–Crippen MR) is 306 cm³/mol. The maximum absolute atomic E-state index is 12.9. The second-order valence-corrected chi connectivity index (χ2v) is 19.4. The summed E-state index contributed by atoms with van der Waals surface area (Å²) in [7, 11) is -4.78. The lowest BCUT2D eigenvalue weighted by molar-refractivity contribution is -0.161. The Kier molecular flexibility index (Phi) is 51.6. The molecule has 0 aromatic rings. The maximum Gasteiger partial charge on any atom is 0.472 e. The van der Waals surface area contributed by atoms with E-state index in [9.17, 15) is 28.9 Å². The van der Waals surface area contributed by atoms with E-state index in [1.807, 2.05) is 12.2 Å². The molecule has 0 saturated carbocycles. The Morgan fingerprint density at radius 1 is 0.392 bits per heavy atom. The van der Waals surface area contributed by atoms with Crippen LogP contribution >= 0.6 is 7.82 Å². The van der Waals surface area contributed by atoms with Crippen LogP contribution in [0.3, 0.4) is 0 Å². The third kappa shape index (κ3) is 52.5. The molecule has 3 atom stereocenters. The molecule has 0 fully saturated rings. The average Bonchev–Trinajstić information content (AvgIpc) is 3.39. The van der Waals surface area contributed by atoms with E-state index in [0.29, 0.717) is 25.7 Å². The summed E-state index contributed by atoms with van der Waals surface area (Å²) in [5.41, 5.74) is 0. The number of phosphoric acid groups is 1. The molecule has 2 N–H and O–H groups in total. The second-order valence-electron chi connectivity index (χ2n) is 18.0. The van der Waals surface area contributed by atoms with Gasteiger partial charge in [0.25, 0.3) is 0 Å². The number of hydrogen-bond donors (Lipinski definition) is 2. The first kappa shape index (κ1) is 69.6. The van der Waals surface area contributed by atoms with Gasteiger partial charge < -0.3 is 24.2 Å². The molecule has 0 aliphatic heterocycles. The number of rotatable bonds is 50. The van der Waals surface area contributed by atoms with E-state index in [-0.39, 0.29) is 25.9 Å². The molecular formula is C62H99O11P. The van der Waals surface area contributed by atoms with E-state index in [1.165, 1.54) is 0 Å². The largest absolute Gasteiger partial charge is 0.472 e. The standard InChI is InChI=1S/C62H99O11P/c1-4-7-10-13-16-19-22-25-27-28-29-30-32-35-38-41-44-47-50-53-62(66)73-59(55-69-60(64)51-48-45-42-39-36-34-31-26-23-20-17-14-11-8-5-2)57-71-74(67,68)70-56-58(54-63)72-61(65)52-49-46-43-40-37-33-24-21-18-15-12-9-6-3/h7-8,10-12,15-17,19-21,24-27,29-31,35,38,44,47,58-59,63H,4-6,9,13-14,18,22-23,28,32-34,36-37,39-43,45-46,48-57H2,1-3H3,(H,67,68)/b10-7-,11-8-,15-12-,19-16-,20-17-,24-21-,27-25-,30-29-,31-26-,38-35-,47-44-. The minimum absolute atomic E-state index is 0.0301. The molecule has 0 aliphatic rings. The third-order valence-corrected chi connectivity index (χ3v) is 12.0. The second kappa shape index (κ2) is 54.9. The number of allylic oxidation sites excluding steroid dienone is 22. The molecule has 0 aliphatic carbocycles. The van der Waals surface area contributed by atoms with Crippen molar-refractivity contribution >= 4 is 25.7 Å². The van der Waals surface area contributed by atoms with Crippen LogP contribution in [0.15, 0.2) is 134 Å². The number of hydrogen-bond acceptors (Lipinski definition) is 10. The average molecular weight is 1050 g/mol. The maximum atomic E-state index is 12.9. The molecule has 0 aromatic heterocycles. The number of carbonyl (C=O) groups excluding carboxylic acids is 3. The molecular weight excluding hydrogens is 952 g/mol. The number of carbonyl (C=O) groups is 3. The van der Waals surface area contributed by atoms with Gasteiger partial charge in [-0.2, -0.15) is 0 Å². The van der Waals surface area contributed by atoms with Gasteiger partial charge in [0, 0.05) is 19.3 Å². The minimum Gasteiger partial charge on any atom is -0.462 e. The number of aliphatic hydroxyl groups is 1. The highest BCUT2D eigenvalue weighted by atomic mass is 31.2. The van der Waals surface area contributed by atoms with Crippen LogP contribution in [-0.4, -0.2) is 66.5 Å². The molecule has 0 radical (unpaired) electrons. The first-order valence-electron chi connectivity index (χ1n) is 28.1. The molecule has 12 heteroatoms. The number of esters is 3. The van der Waals surface area contributed by atoms with Gasteiger partial charge in [-0.15, -0.1) is 0 Å². The lowest BCUT2D eigenvalue weighted by atomic mass is 10.1. The van der Waals surface area contributed by atoms with Gasteiger partial charge in [0.1, 0.15) is 12.7 Å². The summed E-state index contributed by atoms with van der Waals surface area (Å²) in [4.78, 5) is 48.5. The molecule has 0 amide bonds. The van der Waals surface area contributed by atoms with Gasteiger partial charge in [0.15, 0.2) is 6.10 Å². The van der Waals surface area contributed by atoms with Crippen LogP contribution in [0, 0.1) is 0 Å². The molecule has 74 heavy (non-hydrogen) atoms. The topological polar surface area (TPSA) is 155 Å². The van der Waals surface area contributed by atoms with Crippen molar-refractivity contribution in [3.05, 3.63) is 134 Å².